The van der Waals surface area contributed by atoms with E-state index in [4.69, 9.17) is 0 Å². The van der Waals surface area contributed by atoms with Crippen LogP contribution in [0.25, 0.3) is 0 Å². The van der Waals surface area contributed by atoms with Crippen molar-refractivity contribution in [1.82, 2.24) is 4.98 Å². The fourth-order valence-electron chi connectivity index (χ4n) is 1.83. The van der Waals surface area contributed by atoms with E-state index in [9.17, 15) is 9.18 Å². The first kappa shape index (κ1) is 12.4. The Bertz CT molecular complexity index is 552. The molecule has 0 aliphatic carbocycles. The molecule has 0 saturated heterocycles. The van der Waals surface area contributed by atoms with Crippen molar-refractivity contribution in [3.63, 3.8) is 0 Å². The number of Topliss-reactive ketones (excluding diaryl/α,β-unsaturated/α-hetero) is 1. The Balaban J connectivity index is 2.05. The number of pyridine rings is 1. The number of aryl methyl sites for hydroxylation is 1. The van der Waals surface area contributed by atoms with E-state index >= 15 is 0 Å². The van der Waals surface area contributed by atoms with Crippen LogP contribution < -0.4 is 0 Å². The first-order valence-corrected chi connectivity index (χ1v) is 5.81. The molecule has 1 aromatic heterocycles. The van der Waals surface area contributed by atoms with Gasteiger partial charge in [-0.3, -0.25) is 9.78 Å². The fraction of sp³-hybridized carbons (Fsp3) is 0.200. The van der Waals surface area contributed by atoms with Gasteiger partial charge in [0.1, 0.15) is 11.6 Å². The van der Waals surface area contributed by atoms with Gasteiger partial charge < -0.3 is 0 Å². The second-order valence-corrected chi connectivity index (χ2v) is 4.32. The van der Waals surface area contributed by atoms with Gasteiger partial charge in [-0.2, -0.15) is 0 Å². The first-order chi connectivity index (χ1) is 8.65. The largest absolute Gasteiger partial charge is 0.299 e. The Morgan fingerprint density at radius 1 is 1.17 bits per heavy atom. The third-order valence-electron chi connectivity index (χ3n) is 2.85. The van der Waals surface area contributed by atoms with Gasteiger partial charge in [-0.25, -0.2) is 4.39 Å². The highest BCUT2D eigenvalue weighted by Gasteiger charge is 2.08. The Labute approximate surface area is 105 Å². The molecule has 0 saturated carbocycles. The van der Waals surface area contributed by atoms with E-state index in [2.05, 4.69) is 4.98 Å². The van der Waals surface area contributed by atoms with Crippen molar-refractivity contribution in [3.05, 3.63) is 65.2 Å². The summed E-state index contributed by atoms with van der Waals surface area (Å²) in [5.74, 6) is -0.220. The number of ketones is 1. The number of carbonyl (C=O) groups is 1. The van der Waals surface area contributed by atoms with Crippen LogP contribution >= 0.6 is 0 Å². The van der Waals surface area contributed by atoms with Crippen molar-refractivity contribution in [1.29, 1.82) is 0 Å². The summed E-state index contributed by atoms with van der Waals surface area (Å²) < 4.78 is 13.1. The van der Waals surface area contributed by atoms with E-state index in [-0.39, 0.29) is 18.0 Å². The zero-order chi connectivity index (χ0) is 13.0. The highest BCUT2D eigenvalue weighted by Crippen LogP contribution is 2.12. The van der Waals surface area contributed by atoms with Crippen molar-refractivity contribution >= 4 is 5.78 Å². The van der Waals surface area contributed by atoms with Crippen LogP contribution in [0.1, 0.15) is 16.7 Å². The lowest BCUT2D eigenvalue weighted by molar-refractivity contribution is -0.117. The third-order valence-corrected chi connectivity index (χ3v) is 2.85. The Hall–Kier alpha value is -2.03. The highest BCUT2D eigenvalue weighted by molar-refractivity contribution is 5.83. The van der Waals surface area contributed by atoms with Gasteiger partial charge in [0.15, 0.2) is 0 Å². The number of carbonyl (C=O) groups excluding carboxylic acids is 1. The quantitative estimate of drug-likeness (QED) is 0.826. The molecule has 0 atom stereocenters. The summed E-state index contributed by atoms with van der Waals surface area (Å²) in [6.45, 7) is 1.88. The van der Waals surface area contributed by atoms with E-state index in [1.807, 2.05) is 19.1 Å². The van der Waals surface area contributed by atoms with Gasteiger partial charge in [0.05, 0.1) is 0 Å². The normalized spacial score (nSPS) is 10.3. The minimum Gasteiger partial charge on any atom is -0.299 e. The molecular weight excluding hydrogens is 229 g/mol. The van der Waals surface area contributed by atoms with Crippen molar-refractivity contribution in [3.8, 4) is 0 Å². The molecule has 0 radical (unpaired) electrons. The summed E-state index contributed by atoms with van der Waals surface area (Å²) in [7, 11) is 0. The van der Waals surface area contributed by atoms with Gasteiger partial charge in [0.2, 0.25) is 0 Å². The van der Waals surface area contributed by atoms with Crippen LogP contribution in [0.15, 0.2) is 42.7 Å². The van der Waals surface area contributed by atoms with E-state index < -0.39 is 0 Å². The smallest absolute Gasteiger partial charge is 0.141 e. The molecule has 18 heavy (non-hydrogen) atoms. The van der Waals surface area contributed by atoms with Crippen LogP contribution in [0.4, 0.5) is 4.39 Å². The molecule has 0 aliphatic heterocycles. The maximum absolute atomic E-state index is 13.1. The molecule has 0 N–H and O–H groups in total. The predicted octanol–water partition coefficient (Wildman–Crippen LogP) is 2.88. The molecule has 2 rings (SSSR count). The number of halogens is 1. The molecule has 0 spiro atoms. The van der Waals surface area contributed by atoms with Crippen LogP contribution in [0, 0.1) is 12.7 Å². The van der Waals surface area contributed by atoms with E-state index in [0.29, 0.717) is 6.42 Å². The molecule has 0 fully saturated rings. The predicted molar refractivity (Wildman–Crippen MR) is 67.8 cm³/mol. The summed E-state index contributed by atoms with van der Waals surface area (Å²) in [5, 5.41) is 0. The molecule has 1 aromatic carbocycles. The molecular formula is C15H14FNO. The van der Waals surface area contributed by atoms with Crippen molar-refractivity contribution < 1.29 is 9.18 Å². The lowest BCUT2D eigenvalue weighted by Gasteiger charge is -2.05. The first-order valence-electron chi connectivity index (χ1n) is 5.81. The summed E-state index contributed by atoms with van der Waals surface area (Å²) in [6.07, 6.45) is 3.95. The maximum atomic E-state index is 13.1. The number of hydrogen-bond acceptors (Lipinski definition) is 2. The van der Waals surface area contributed by atoms with E-state index in [1.165, 1.54) is 12.1 Å². The van der Waals surface area contributed by atoms with Gasteiger partial charge in [-0.15, -0.1) is 0 Å². The van der Waals surface area contributed by atoms with Crippen molar-refractivity contribution in [2.45, 2.75) is 19.8 Å². The fourth-order valence-corrected chi connectivity index (χ4v) is 1.83. The summed E-state index contributed by atoms with van der Waals surface area (Å²) in [5.41, 5.74) is 2.64. The molecule has 0 amide bonds. The molecule has 2 aromatic rings. The molecule has 2 nitrogen and oxygen atoms in total. The van der Waals surface area contributed by atoms with Gasteiger partial charge >= 0.3 is 0 Å². The molecule has 0 aliphatic rings. The van der Waals surface area contributed by atoms with Gasteiger partial charge in [0.25, 0.3) is 0 Å². The molecule has 1 heterocycles. The zero-order valence-electron chi connectivity index (χ0n) is 10.2. The molecule has 0 unspecified atom stereocenters. The number of rotatable bonds is 4. The standard InChI is InChI=1S/C15H14FNO/c1-11-2-3-14(16)9-13(11)10-15(18)8-12-4-6-17-7-5-12/h2-7,9H,8,10H2,1H3. The van der Waals surface area contributed by atoms with Crippen LogP contribution in [0.3, 0.4) is 0 Å². The van der Waals surface area contributed by atoms with Crippen LogP contribution in [0.5, 0.6) is 0 Å². The lowest BCUT2D eigenvalue weighted by atomic mass is 10.00. The van der Waals surface area contributed by atoms with E-state index in [0.717, 1.165) is 16.7 Å². The highest BCUT2D eigenvalue weighted by atomic mass is 19.1. The molecule has 92 valence electrons. The molecule has 0 bridgehead atoms. The van der Waals surface area contributed by atoms with Crippen molar-refractivity contribution in [2.24, 2.45) is 0 Å². The summed E-state index contributed by atoms with van der Waals surface area (Å²) >= 11 is 0. The SMILES string of the molecule is Cc1ccc(F)cc1CC(=O)Cc1ccncc1. The van der Waals surface area contributed by atoms with E-state index in [1.54, 1.807) is 18.5 Å². The lowest BCUT2D eigenvalue weighted by Crippen LogP contribution is -2.08. The molecule has 3 heteroatoms. The number of aromatic nitrogens is 1. The van der Waals surface area contributed by atoms with Gasteiger partial charge in [-0.05, 0) is 47.9 Å². The van der Waals surface area contributed by atoms with Gasteiger partial charge in [0, 0.05) is 25.2 Å². The zero-order valence-corrected chi connectivity index (χ0v) is 10.2. The number of benzene rings is 1. The topological polar surface area (TPSA) is 30.0 Å². The number of nitrogens with zero attached hydrogens (tertiary/aromatic N) is 1. The second kappa shape index (κ2) is 5.54. The summed E-state index contributed by atoms with van der Waals surface area (Å²) in [4.78, 5) is 15.8. The number of hydrogen-bond donors (Lipinski definition) is 0. The van der Waals surface area contributed by atoms with Crippen LogP contribution in [-0.2, 0) is 17.6 Å². The van der Waals surface area contributed by atoms with Crippen LogP contribution in [-0.4, -0.2) is 10.8 Å². The Morgan fingerprint density at radius 3 is 2.61 bits per heavy atom. The summed E-state index contributed by atoms with van der Waals surface area (Å²) in [6, 6.07) is 8.17. The third kappa shape index (κ3) is 3.23. The van der Waals surface area contributed by atoms with Crippen molar-refractivity contribution in [2.75, 3.05) is 0 Å². The minimum absolute atomic E-state index is 0.0786. The second-order valence-electron chi connectivity index (χ2n) is 4.32. The average molecular weight is 243 g/mol. The Morgan fingerprint density at radius 2 is 1.89 bits per heavy atom. The monoisotopic (exact) mass is 243 g/mol. The minimum atomic E-state index is -0.299. The Kier molecular flexibility index (Phi) is 3.82. The van der Waals surface area contributed by atoms with Gasteiger partial charge in [-0.1, -0.05) is 6.07 Å². The maximum Gasteiger partial charge on any atom is 0.141 e. The van der Waals surface area contributed by atoms with Crippen LogP contribution in [0.2, 0.25) is 0 Å². The average Bonchev–Trinajstić information content (AvgIpc) is 2.35.